The molecule has 26 heavy (non-hydrogen) atoms. The second kappa shape index (κ2) is 7.64. The molecule has 0 aliphatic carbocycles. The zero-order chi connectivity index (χ0) is 17.9. The van der Waals surface area contributed by atoms with E-state index in [9.17, 15) is 4.79 Å². The van der Waals surface area contributed by atoms with Gasteiger partial charge in [0, 0.05) is 30.4 Å². The van der Waals surface area contributed by atoms with Gasteiger partial charge in [0.05, 0.1) is 0 Å². The number of halogens is 1. The Bertz CT molecular complexity index is 759. The molecule has 3 saturated heterocycles. The van der Waals surface area contributed by atoms with E-state index in [0.717, 1.165) is 18.9 Å². The molecule has 136 valence electrons. The van der Waals surface area contributed by atoms with Crippen molar-refractivity contribution in [1.82, 2.24) is 15.2 Å². The number of nitrogens with one attached hydrogen (secondary N) is 1. The van der Waals surface area contributed by atoms with Gasteiger partial charge in [-0.1, -0.05) is 11.6 Å². The molecule has 2 bridgehead atoms. The van der Waals surface area contributed by atoms with Crippen LogP contribution >= 0.6 is 11.6 Å². The Kier molecular flexibility index (Phi) is 5.09. The van der Waals surface area contributed by atoms with E-state index in [0.29, 0.717) is 22.2 Å². The standard InChI is InChI=1S/C20H22ClN3O2/c21-19-12-18(5-8-22-19)26-17-3-1-15(2-4-17)20(25)23-16-11-14-6-9-24(13-16)10-7-14/h1-5,8,12,14,16H,6-7,9-11,13H2,(H,23,25). The van der Waals surface area contributed by atoms with Gasteiger partial charge in [-0.2, -0.15) is 0 Å². The number of pyridine rings is 1. The van der Waals surface area contributed by atoms with Crippen molar-refractivity contribution in [2.24, 2.45) is 5.92 Å². The average molecular weight is 372 g/mol. The highest BCUT2D eigenvalue weighted by molar-refractivity contribution is 6.29. The molecule has 1 atom stereocenters. The molecule has 1 aromatic heterocycles. The molecule has 5 rings (SSSR count). The van der Waals surface area contributed by atoms with Crippen LogP contribution in [0.5, 0.6) is 11.5 Å². The van der Waals surface area contributed by atoms with Crippen LogP contribution in [0.1, 0.15) is 29.6 Å². The molecule has 2 aromatic rings. The summed E-state index contributed by atoms with van der Waals surface area (Å²) in [5, 5.41) is 3.59. The van der Waals surface area contributed by atoms with Crippen LogP contribution in [0, 0.1) is 5.92 Å². The van der Waals surface area contributed by atoms with Gasteiger partial charge in [0.25, 0.3) is 5.91 Å². The zero-order valence-corrected chi connectivity index (χ0v) is 15.3. The number of aromatic nitrogens is 1. The molecule has 1 amide bonds. The van der Waals surface area contributed by atoms with E-state index in [1.165, 1.54) is 25.9 Å². The van der Waals surface area contributed by atoms with Crippen LogP contribution in [0.15, 0.2) is 42.6 Å². The maximum atomic E-state index is 12.6. The van der Waals surface area contributed by atoms with Gasteiger partial charge in [0.1, 0.15) is 16.7 Å². The number of fused-ring (bicyclic) bond motifs is 4. The highest BCUT2D eigenvalue weighted by atomic mass is 35.5. The molecule has 1 aromatic carbocycles. The second-order valence-corrected chi connectivity index (χ2v) is 7.48. The van der Waals surface area contributed by atoms with Gasteiger partial charge >= 0.3 is 0 Å². The van der Waals surface area contributed by atoms with Gasteiger partial charge in [0.2, 0.25) is 0 Å². The molecule has 4 heterocycles. The molecule has 3 aliphatic heterocycles. The number of hydrogen-bond donors (Lipinski definition) is 1. The minimum atomic E-state index is -0.0176. The third-order valence-electron chi connectivity index (χ3n) is 5.19. The Balaban J connectivity index is 1.37. The third-order valence-corrected chi connectivity index (χ3v) is 5.40. The summed E-state index contributed by atoms with van der Waals surface area (Å²) in [4.78, 5) is 19.0. The maximum absolute atomic E-state index is 12.6. The SMILES string of the molecule is O=C(NC1CC2CCN(CC2)C1)c1ccc(Oc2ccnc(Cl)c2)cc1. The number of carbonyl (C=O) groups excluding carboxylic acids is 1. The highest BCUT2D eigenvalue weighted by Crippen LogP contribution is 2.27. The molecule has 1 unspecified atom stereocenters. The number of amides is 1. The van der Waals surface area contributed by atoms with Gasteiger partial charge in [-0.3, -0.25) is 4.79 Å². The Morgan fingerprint density at radius 1 is 1.15 bits per heavy atom. The van der Waals surface area contributed by atoms with Gasteiger partial charge in [-0.15, -0.1) is 0 Å². The summed E-state index contributed by atoms with van der Waals surface area (Å²) in [7, 11) is 0. The van der Waals surface area contributed by atoms with Crippen molar-refractivity contribution in [1.29, 1.82) is 0 Å². The van der Waals surface area contributed by atoms with Crippen LogP contribution in [0.4, 0.5) is 0 Å². The summed E-state index contributed by atoms with van der Waals surface area (Å²) in [5.41, 5.74) is 0.650. The number of carbonyl (C=O) groups is 1. The predicted molar refractivity (Wildman–Crippen MR) is 101 cm³/mol. The minimum Gasteiger partial charge on any atom is -0.457 e. The average Bonchev–Trinajstić information content (AvgIpc) is 2.94. The van der Waals surface area contributed by atoms with E-state index < -0.39 is 0 Å². The molecule has 3 aliphatic rings. The van der Waals surface area contributed by atoms with Crippen molar-refractivity contribution in [3.05, 3.63) is 53.3 Å². The lowest BCUT2D eigenvalue weighted by Crippen LogP contribution is -2.41. The molecule has 6 heteroatoms. The van der Waals surface area contributed by atoms with E-state index in [2.05, 4.69) is 15.2 Å². The van der Waals surface area contributed by atoms with Crippen LogP contribution in [-0.4, -0.2) is 41.5 Å². The van der Waals surface area contributed by atoms with Crippen LogP contribution in [-0.2, 0) is 0 Å². The van der Waals surface area contributed by atoms with Crippen molar-refractivity contribution >= 4 is 17.5 Å². The van der Waals surface area contributed by atoms with Crippen molar-refractivity contribution in [2.45, 2.75) is 25.3 Å². The molecule has 0 spiro atoms. The van der Waals surface area contributed by atoms with Crippen LogP contribution in [0.25, 0.3) is 0 Å². The third kappa shape index (κ3) is 4.17. The van der Waals surface area contributed by atoms with E-state index in [1.54, 1.807) is 42.6 Å². The van der Waals surface area contributed by atoms with E-state index in [1.807, 2.05) is 0 Å². The Morgan fingerprint density at radius 2 is 1.92 bits per heavy atom. The minimum absolute atomic E-state index is 0.0176. The van der Waals surface area contributed by atoms with Crippen molar-refractivity contribution in [3.63, 3.8) is 0 Å². The number of nitrogens with zero attached hydrogens (tertiary/aromatic N) is 2. The predicted octanol–water partition coefficient (Wildman–Crippen LogP) is 3.74. The summed E-state index contributed by atoms with van der Waals surface area (Å²) in [6, 6.07) is 10.8. The molecule has 0 radical (unpaired) electrons. The van der Waals surface area contributed by atoms with Gasteiger partial charge < -0.3 is 15.0 Å². The zero-order valence-electron chi connectivity index (χ0n) is 14.5. The van der Waals surface area contributed by atoms with Gasteiger partial charge in [0.15, 0.2) is 0 Å². The molecular formula is C20H22ClN3O2. The van der Waals surface area contributed by atoms with Crippen LogP contribution in [0.2, 0.25) is 5.15 Å². The number of piperidine rings is 1. The number of hydrogen-bond acceptors (Lipinski definition) is 4. The first-order chi connectivity index (χ1) is 12.7. The Morgan fingerprint density at radius 3 is 2.65 bits per heavy atom. The molecular weight excluding hydrogens is 350 g/mol. The first kappa shape index (κ1) is 17.3. The van der Waals surface area contributed by atoms with Gasteiger partial charge in [-0.25, -0.2) is 4.98 Å². The number of rotatable bonds is 4. The van der Waals surface area contributed by atoms with Crippen molar-refractivity contribution in [3.8, 4) is 11.5 Å². The lowest BCUT2D eigenvalue weighted by molar-refractivity contribution is 0.0929. The fraction of sp³-hybridized carbons (Fsp3) is 0.400. The summed E-state index contributed by atoms with van der Waals surface area (Å²) >= 11 is 5.86. The lowest BCUT2D eigenvalue weighted by atomic mass is 9.94. The second-order valence-electron chi connectivity index (χ2n) is 7.09. The Hall–Kier alpha value is -2.11. The monoisotopic (exact) mass is 371 g/mol. The van der Waals surface area contributed by atoms with Crippen molar-refractivity contribution in [2.75, 3.05) is 19.6 Å². The first-order valence-electron chi connectivity index (χ1n) is 9.08. The lowest BCUT2D eigenvalue weighted by Gasteiger charge is -2.26. The smallest absolute Gasteiger partial charge is 0.251 e. The number of benzene rings is 1. The highest BCUT2D eigenvalue weighted by Gasteiger charge is 2.29. The quantitative estimate of drug-likeness (QED) is 0.832. The first-order valence-corrected chi connectivity index (χ1v) is 9.46. The van der Waals surface area contributed by atoms with Crippen LogP contribution < -0.4 is 10.1 Å². The van der Waals surface area contributed by atoms with E-state index in [-0.39, 0.29) is 11.9 Å². The van der Waals surface area contributed by atoms with Crippen molar-refractivity contribution < 1.29 is 9.53 Å². The largest absolute Gasteiger partial charge is 0.457 e. The number of ether oxygens (including phenoxy) is 1. The maximum Gasteiger partial charge on any atom is 0.251 e. The topological polar surface area (TPSA) is 54.5 Å². The Labute approximate surface area is 158 Å². The summed E-state index contributed by atoms with van der Waals surface area (Å²) < 4.78 is 5.73. The summed E-state index contributed by atoms with van der Waals surface area (Å²) in [5.74, 6) is 2.01. The molecule has 0 saturated carbocycles. The molecule has 1 N–H and O–H groups in total. The fourth-order valence-corrected chi connectivity index (χ4v) is 3.99. The normalized spacial score (nSPS) is 24.7. The van der Waals surface area contributed by atoms with E-state index >= 15 is 0 Å². The summed E-state index contributed by atoms with van der Waals surface area (Å²) in [6.45, 7) is 3.30. The molecule has 3 fully saturated rings. The van der Waals surface area contributed by atoms with E-state index in [4.69, 9.17) is 16.3 Å². The molecule has 5 nitrogen and oxygen atoms in total. The fourth-order valence-electron chi connectivity index (χ4n) is 3.83. The van der Waals surface area contributed by atoms with Gasteiger partial charge in [-0.05, 0) is 68.6 Å². The van der Waals surface area contributed by atoms with Crippen LogP contribution in [0.3, 0.4) is 0 Å². The summed E-state index contributed by atoms with van der Waals surface area (Å²) in [6.07, 6.45) is 5.20.